The van der Waals surface area contributed by atoms with E-state index in [1.54, 1.807) is 24.3 Å². The molecular weight excluding hydrogens is 349 g/mol. The Balaban J connectivity index is 1.91. The molecule has 0 heterocycles. The monoisotopic (exact) mass is 376 g/mol. The standard InChI is InChI=1S/C23H27F3O/c1-3-5-13-27-19-12-11-17-14-18(21(24)23(26)20(17)22(19)25)16-9-7-15(6-4-2)8-10-16/h3,5,11-12,14-16H,4,6-10,13H2,1-2H3. The molecule has 1 aliphatic rings. The molecule has 0 radical (unpaired) electrons. The minimum atomic E-state index is -1.10. The van der Waals surface area contributed by atoms with Gasteiger partial charge in [0.1, 0.15) is 6.61 Å². The van der Waals surface area contributed by atoms with Gasteiger partial charge in [0.05, 0.1) is 5.39 Å². The Morgan fingerprint density at radius 2 is 1.78 bits per heavy atom. The number of halogens is 3. The molecule has 1 saturated carbocycles. The third-order valence-electron chi connectivity index (χ3n) is 5.67. The predicted octanol–water partition coefficient (Wildman–Crippen LogP) is 7.29. The second-order valence-electron chi connectivity index (χ2n) is 7.46. The highest BCUT2D eigenvalue weighted by Crippen LogP contribution is 2.41. The summed E-state index contributed by atoms with van der Waals surface area (Å²) in [5, 5.41) is 0.0596. The van der Waals surface area contributed by atoms with Crippen LogP contribution in [0.5, 0.6) is 5.75 Å². The summed E-state index contributed by atoms with van der Waals surface area (Å²) >= 11 is 0. The van der Waals surface area contributed by atoms with Gasteiger partial charge in [-0.15, -0.1) is 0 Å². The molecule has 146 valence electrons. The molecule has 0 bridgehead atoms. The van der Waals surface area contributed by atoms with Crippen LogP contribution in [0.3, 0.4) is 0 Å². The molecular formula is C23H27F3O. The third kappa shape index (κ3) is 4.15. The number of allylic oxidation sites excluding steroid dienone is 1. The summed E-state index contributed by atoms with van der Waals surface area (Å²) in [5.74, 6) is -2.23. The Labute approximate surface area is 159 Å². The van der Waals surface area contributed by atoms with Gasteiger partial charge in [-0.05, 0) is 67.5 Å². The van der Waals surface area contributed by atoms with Crippen molar-refractivity contribution in [3.05, 3.63) is 53.4 Å². The van der Waals surface area contributed by atoms with E-state index in [2.05, 4.69) is 6.92 Å². The van der Waals surface area contributed by atoms with Crippen LogP contribution in [0.4, 0.5) is 13.2 Å². The Morgan fingerprint density at radius 3 is 2.44 bits per heavy atom. The average Bonchev–Trinajstić information content (AvgIpc) is 2.67. The van der Waals surface area contributed by atoms with Crippen molar-refractivity contribution in [1.82, 2.24) is 0 Å². The normalized spacial score (nSPS) is 20.5. The molecule has 27 heavy (non-hydrogen) atoms. The maximum atomic E-state index is 14.8. The van der Waals surface area contributed by atoms with E-state index in [0.717, 1.165) is 32.1 Å². The first-order valence-electron chi connectivity index (χ1n) is 9.90. The van der Waals surface area contributed by atoms with Gasteiger partial charge >= 0.3 is 0 Å². The third-order valence-corrected chi connectivity index (χ3v) is 5.67. The van der Waals surface area contributed by atoms with E-state index in [1.807, 2.05) is 6.92 Å². The highest BCUT2D eigenvalue weighted by atomic mass is 19.2. The summed E-state index contributed by atoms with van der Waals surface area (Å²) in [7, 11) is 0. The molecule has 1 fully saturated rings. The summed E-state index contributed by atoms with van der Waals surface area (Å²) < 4.78 is 49.5. The Bertz CT molecular complexity index is 820. The summed E-state index contributed by atoms with van der Waals surface area (Å²) in [6, 6.07) is 4.72. The van der Waals surface area contributed by atoms with Gasteiger partial charge < -0.3 is 4.74 Å². The Morgan fingerprint density at radius 1 is 1.04 bits per heavy atom. The molecule has 0 aromatic heterocycles. The van der Waals surface area contributed by atoms with Crippen molar-refractivity contribution in [1.29, 1.82) is 0 Å². The van der Waals surface area contributed by atoms with Crippen LogP contribution in [0.1, 0.15) is 63.9 Å². The number of fused-ring (bicyclic) bond motifs is 1. The molecule has 2 aromatic carbocycles. The largest absolute Gasteiger partial charge is 0.486 e. The lowest BCUT2D eigenvalue weighted by atomic mass is 9.77. The van der Waals surface area contributed by atoms with Gasteiger partial charge in [0.15, 0.2) is 23.2 Å². The number of hydrogen-bond donors (Lipinski definition) is 0. The molecule has 3 rings (SSSR count). The average molecular weight is 376 g/mol. The first-order valence-corrected chi connectivity index (χ1v) is 9.90. The fourth-order valence-electron chi connectivity index (χ4n) is 4.20. The molecule has 1 aliphatic carbocycles. The van der Waals surface area contributed by atoms with Crippen LogP contribution >= 0.6 is 0 Å². The van der Waals surface area contributed by atoms with Crippen LogP contribution in [0.2, 0.25) is 0 Å². The molecule has 0 spiro atoms. The fourth-order valence-corrected chi connectivity index (χ4v) is 4.20. The molecule has 4 heteroatoms. The Hall–Kier alpha value is -1.97. The molecule has 1 nitrogen and oxygen atoms in total. The second-order valence-corrected chi connectivity index (χ2v) is 7.46. The van der Waals surface area contributed by atoms with Crippen LogP contribution in [-0.2, 0) is 0 Å². The number of hydrogen-bond acceptors (Lipinski definition) is 1. The predicted molar refractivity (Wildman–Crippen MR) is 104 cm³/mol. The molecule has 0 amide bonds. The lowest BCUT2D eigenvalue weighted by molar-refractivity contribution is 0.303. The van der Waals surface area contributed by atoms with Gasteiger partial charge in [-0.1, -0.05) is 38.0 Å². The van der Waals surface area contributed by atoms with Crippen molar-refractivity contribution in [3.8, 4) is 5.75 Å². The summed E-state index contributed by atoms with van der Waals surface area (Å²) in [4.78, 5) is 0. The van der Waals surface area contributed by atoms with Crippen molar-refractivity contribution in [2.45, 2.75) is 58.3 Å². The molecule has 0 aliphatic heterocycles. The maximum Gasteiger partial charge on any atom is 0.175 e. The lowest BCUT2D eigenvalue weighted by Gasteiger charge is -2.29. The van der Waals surface area contributed by atoms with Crippen LogP contribution in [0, 0.1) is 23.4 Å². The van der Waals surface area contributed by atoms with Crippen molar-refractivity contribution in [2.75, 3.05) is 6.61 Å². The zero-order chi connectivity index (χ0) is 19.4. The second kappa shape index (κ2) is 8.81. The van der Waals surface area contributed by atoms with Gasteiger partial charge in [0, 0.05) is 0 Å². The lowest BCUT2D eigenvalue weighted by Crippen LogP contribution is -2.15. The molecule has 0 N–H and O–H groups in total. The summed E-state index contributed by atoms with van der Waals surface area (Å²) in [6.45, 7) is 4.18. The van der Waals surface area contributed by atoms with Crippen LogP contribution in [0.15, 0.2) is 30.4 Å². The number of benzene rings is 2. The smallest absolute Gasteiger partial charge is 0.175 e. The van der Waals surface area contributed by atoms with E-state index in [9.17, 15) is 13.2 Å². The Kier molecular flexibility index (Phi) is 6.46. The van der Waals surface area contributed by atoms with E-state index in [4.69, 9.17) is 4.74 Å². The van der Waals surface area contributed by atoms with Crippen molar-refractivity contribution >= 4 is 10.8 Å². The van der Waals surface area contributed by atoms with Crippen molar-refractivity contribution in [3.63, 3.8) is 0 Å². The topological polar surface area (TPSA) is 9.23 Å². The van der Waals surface area contributed by atoms with Gasteiger partial charge in [-0.25, -0.2) is 13.2 Å². The highest BCUT2D eigenvalue weighted by Gasteiger charge is 2.27. The molecule has 0 saturated heterocycles. The van der Waals surface area contributed by atoms with Crippen molar-refractivity contribution < 1.29 is 17.9 Å². The number of ether oxygens (including phenoxy) is 1. The highest BCUT2D eigenvalue weighted by molar-refractivity contribution is 5.86. The zero-order valence-electron chi connectivity index (χ0n) is 16.0. The van der Waals surface area contributed by atoms with Gasteiger partial charge in [0.25, 0.3) is 0 Å². The molecule has 2 aromatic rings. The van der Waals surface area contributed by atoms with E-state index >= 15 is 0 Å². The van der Waals surface area contributed by atoms with E-state index in [-0.39, 0.29) is 23.7 Å². The van der Waals surface area contributed by atoms with E-state index in [0.29, 0.717) is 16.9 Å². The van der Waals surface area contributed by atoms with Crippen LogP contribution in [-0.4, -0.2) is 6.61 Å². The van der Waals surface area contributed by atoms with E-state index < -0.39 is 17.5 Å². The molecule has 0 atom stereocenters. The summed E-state index contributed by atoms with van der Waals surface area (Å²) in [6.07, 6.45) is 9.67. The zero-order valence-corrected chi connectivity index (χ0v) is 16.0. The van der Waals surface area contributed by atoms with Crippen molar-refractivity contribution in [2.24, 2.45) is 5.92 Å². The van der Waals surface area contributed by atoms with E-state index in [1.165, 1.54) is 12.5 Å². The fraction of sp³-hybridized carbons (Fsp3) is 0.478. The summed E-state index contributed by atoms with van der Waals surface area (Å²) in [5.41, 5.74) is 0.386. The van der Waals surface area contributed by atoms with Gasteiger partial charge in [-0.2, -0.15) is 0 Å². The minimum absolute atomic E-state index is 0.00526. The van der Waals surface area contributed by atoms with Crippen LogP contribution in [0.25, 0.3) is 10.8 Å². The molecule has 0 unspecified atom stereocenters. The minimum Gasteiger partial charge on any atom is -0.486 e. The quantitative estimate of drug-likeness (QED) is 0.481. The first-order chi connectivity index (χ1) is 13.1. The number of rotatable bonds is 6. The van der Waals surface area contributed by atoms with Crippen LogP contribution < -0.4 is 4.74 Å². The van der Waals surface area contributed by atoms with Gasteiger partial charge in [0.2, 0.25) is 0 Å². The van der Waals surface area contributed by atoms with Gasteiger partial charge in [-0.3, -0.25) is 0 Å². The SMILES string of the molecule is CC=CCOc1ccc2cc(C3CCC(CCC)CC3)c(F)c(F)c2c1F. The first kappa shape index (κ1) is 19.8. The maximum absolute atomic E-state index is 14.8.